The van der Waals surface area contributed by atoms with E-state index in [2.05, 4.69) is 10.2 Å². The molecule has 1 aliphatic rings. The highest BCUT2D eigenvalue weighted by atomic mass is 35.5. The third-order valence-electron chi connectivity index (χ3n) is 5.38. The Morgan fingerprint density at radius 3 is 2.26 bits per heavy atom. The van der Waals surface area contributed by atoms with Crippen LogP contribution in [0.15, 0.2) is 30.3 Å². The predicted octanol–water partition coefficient (Wildman–Crippen LogP) is 4.77. The van der Waals surface area contributed by atoms with Gasteiger partial charge in [-0.1, -0.05) is 17.7 Å². The van der Waals surface area contributed by atoms with Crippen molar-refractivity contribution in [2.75, 3.05) is 47.5 Å². The Morgan fingerprint density at radius 1 is 0.935 bits per heavy atom. The lowest BCUT2D eigenvalue weighted by Crippen LogP contribution is -2.33. The molecule has 0 bridgehead atoms. The minimum Gasteiger partial charge on any atom is -0.496 e. The van der Waals surface area contributed by atoms with Crippen LogP contribution in [0.2, 0.25) is 5.02 Å². The van der Waals surface area contributed by atoms with E-state index in [0.717, 1.165) is 25.6 Å². The molecule has 170 valence electrons. The zero-order valence-electron chi connectivity index (χ0n) is 17.7. The van der Waals surface area contributed by atoms with Crippen LogP contribution in [0.1, 0.15) is 29.2 Å². The fourth-order valence-electron chi connectivity index (χ4n) is 3.91. The first-order valence-electron chi connectivity index (χ1n) is 9.91. The molecule has 3 rings (SSSR count). The molecule has 5 nitrogen and oxygen atoms in total. The molecule has 1 atom stereocenters. The summed E-state index contributed by atoms with van der Waals surface area (Å²) in [6.45, 7) is 2.94. The van der Waals surface area contributed by atoms with Gasteiger partial charge in [-0.25, -0.2) is 0 Å². The fourth-order valence-corrected chi connectivity index (χ4v) is 4.13. The maximum absolute atomic E-state index is 13.6. The molecular weight excluding hydrogens is 433 g/mol. The van der Waals surface area contributed by atoms with E-state index < -0.39 is 17.8 Å². The topological polar surface area (TPSA) is 43.0 Å². The second-order valence-corrected chi connectivity index (χ2v) is 7.64. The first-order chi connectivity index (χ1) is 14.8. The van der Waals surface area contributed by atoms with Gasteiger partial charge in [-0.15, -0.1) is 0 Å². The molecule has 1 saturated heterocycles. The van der Waals surface area contributed by atoms with Crippen LogP contribution >= 0.6 is 11.6 Å². The number of benzene rings is 2. The molecule has 1 aliphatic heterocycles. The highest BCUT2D eigenvalue weighted by Gasteiger charge is 2.35. The largest absolute Gasteiger partial charge is 0.496 e. The molecule has 2 aromatic rings. The smallest absolute Gasteiger partial charge is 0.417 e. The average Bonchev–Trinajstić information content (AvgIpc) is 3.03. The maximum Gasteiger partial charge on any atom is 0.417 e. The summed E-state index contributed by atoms with van der Waals surface area (Å²) >= 11 is 5.88. The maximum atomic E-state index is 13.6. The molecule has 0 aliphatic carbocycles. The van der Waals surface area contributed by atoms with Gasteiger partial charge in [-0.2, -0.15) is 13.2 Å². The van der Waals surface area contributed by atoms with Crippen molar-refractivity contribution in [3.8, 4) is 17.2 Å². The Balaban J connectivity index is 2.21. The van der Waals surface area contributed by atoms with Gasteiger partial charge >= 0.3 is 6.18 Å². The molecular formula is C22H26ClF3N2O3. The molecule has 2 aromatic carbocycles. The summed E-state index contributed by atoms with van der Waals surface area (Å²) < 4.78 is 57.2. The van der Waals surface area contributed by atoms with Crippen molar-refractivity contribution in [2.24, 2.45) is 0 Å². The van der Waals surface area contributed by atoms with Gasteiger partial charge in [0.05, 0.1) is 38.0 Å². The molecule has 0 saturated carbocycles. The number of rotatable bonds is 6. The van der Waals surface area contributed by atoms with Gasteiger partial charge in [-0.05, 0) is 36.7 Å². The van der Waals surface area contributed by atoms with Crippen molar-refractivity contribution < 1.29 is 27.4 Å². The quantitative estimate of drug-likeness (QED) is 0.675. The fraction of sp³-hybridized carbons (Fsp3) is 0.455. The number of hydrogen-bond acceptors (Lipinski definition) is 5. The van der Waals surface area contributed by atoms with Crippen LogP contribution in [0.4, 0.5) is 13.2 Å². The third kappa shape index (κ3) is 5.19. The van der Waals surface area contributed by atoms with E-state index in [9.17, 15) is 13.2 Å². The summed E-state index contributed by atoms with van der Waals surface area (Å²) in [5.74, 6) is 1.45. The summed E-state index contributed by atoms with van der Waals surface area (Å²) in [5, 5.41) is 3.00. The van der Waals surface area contributed by atoms with Crippen molar-refractivity contribution in [3.05, 3.63) is 52.0 Å². The lowest BCUT2D eigenvalue weighted by molar-refractivity contribution is -0.137. The molecule has 0 spiro atoms. The average molecular weight is 459 g/mol. The number of methoxy groups -OCH3 is 3. The summed E-state index contributed by atoms with van der Waals surface area (Å²) in [7, 11) is 4.56. The first-order valence-corrected chi connectivity index (χ1v) is 10.3. The van der Waals surface area contributed by atoms with Crippen molar-refractivity contribution in [2.45, 2.75) is 18.6 Å². The lowest BCUT2D eigenvalue weighted by atomic mass is 9.93. The Bertz CT molecular complexity index is 900. The Kier molecular flexibility index (Phi) is 7.56. The molecule has 0 aromatic heterocycles. The van der Waals surface area contributed by atoms with Crippen molar-refractivity contribution >= 4 is 11.6 Å². The van der Waals surface area contributed by atoms with Gasteiger partial charge < -0.3 is 19.5 Å². The number of nitrogens with one attached hydrogen (secondary N) is 1. The minimum atomic E-state index is -4.56. The van der Waals surface area contributed by atoms with E-state index in [-0.39, 0.29) is 5.02 Å². The molecule has 1 N–H and O–H groups in total. The van der Waals surface area contributed by atoms with Crippen LogP contribution < -0.4 is 19.5 Å². The van der Waals surface area contributed by atoms with Crippen LogP contribution in [-0.2, 0) is 6.18 Å². The van der Waals surface area contributed by atoms with Gasteiger partial charge in [0, 0.05) is 31.3 Å². The van der Waals surface area contributed by atoms with E-state index in [1.807, 2.05) is 0 Å². The SMILES string of the molecule is COc1cc(OC)c(C(c2ccc(Cl)c(C(F)(F)F)c2)N2CCCNCC2)cc1OC. The van der Waals surface area contributed by atoms with Crippen LogP contribution in [0, 0.1) is 0 Å². The number of nitrogens with zero attached hydrogens (tertiary/aromatic N) is 1. The van der Waals surface area contributed by atoms with Gasteiger partial charge in [0.1, 0.15) is 5.75 Å². The van der Waals surface area contributed by atoms with E-state index in [4.69, 9.17) is 25.8 Å². The molecule has 1 fully saturated rings. The normalized spacial score (nSPS) is 16.5. The van der Waals surface area contributed by atoms with Crippen LogP contribution in [0.5, 0.6) is 17.2 Å². The van der Waals surface area contributed by atoms with Crippen LogP contribution in [0.25, 0.3) is 0 Å². The standard InChI is InChI=1S/C22H26ClF3N2O3/c1-29-18-13-20(31-3)19(30-2)12-15(18)21(28-9-4-7-27-8-10-28)14-5-6-17(23)16(11-14)22(24,25)26/h5-6,11-13,21,27H,4,7-10H2,1-3H3. The molecule has 0 radical (unpaired) electrons. The van der Waals surface area contributed by atoms with Gasteiger partial charge in [-0.3, -0.25) is 4.90 Å². The number of alkyl halides is 3. The van der Waals surface area contributed by atoms with Gasteiger partial charge in [0.2, 0.25) is 0 Å². The van der Waals surface area contributed by atoms with E-state index in [0.29, 0.717) is 41.5 Å². The molecule has 9 heteroatoms. The van der Waals surface area contributed by atoms with Crippen molar-refractivity contribution in [1.29, 1.82) is 0 Å². The molecule has 1 unspecified atom stereocenters. The zero-order valence-corrected chi connectivity index (χ0v) is 18.4. The Hall–Kier alpha value is -2.16. The monoisotopic (exact) mass is 458 g/mol. The van der Waals surface area contributed by atoms with Crippen LogP contribution in [-0.4, -0.2) is 52.4 Å². The second-order valence-electron chi connectivity index (χ2n) is 7.23. The van der Waals surface area contributed by atoms with Crippen LogP contribution in [0.3, 0.4) is 0 Å². The minimum absolute atomic E-state index is 0.327. The summed E-state index contributed by atoms with van der Waals surface area (Å²) in [5.41, 5.74) is 0.311. The predicted molar refractivity (Wildman–Crippen MR) is 113 cm³/mol. The molecule has 0 amide bonds. The molecule has 1 heterocycles. The number of halogens is 4. The summed E-state index contributed by atoms with van der Waals surface area (Å²) in [6, 6.07) is 7.03. The van der Waals surface area contributed by atoms with E-state index >= 15 is 0 Å². The number of hydrogen-bond donors (Lipinski definition) is 1. The summed E-state index contributed by atoms with van der Waals surface area (Å²) in [6.07, 6.45) is -3.69. The highest BCUT2D eigenvalue weighted by Crippen LogP contribution is 2.44. The zero-order chi connectivity index (χ0) is 22.6. The van der Waals surface area contributed by atoms with Crippen molar-refractivity contribution in [1.82, 2.24) is 10.2 Å². The second kappa shape index (κ2) is 9.97. The van der Waals surface area contributed by atoms with Gasteiger partial charge in [0.15, 0.2) is 11.5 Å². The first kappa shape index (κ1) is 23.5. The third-order valence-corrected chi connectivity index (χ3v) is 5.71. The van der Waals surface area contributed by atoms with Crippen molar-refractivity contribution in [3.63, 3.8) is 0 Å². The Morgan fingerprint density at radius 2 is 1.61 bits per heavy atom. The molecule has 31 heavy (non-hydrogen) atoms. The lowest BCUT2D eigenvalue weighted by Gasteiger charge is -2.33. The Labute approximate surface area is 185 Å². The summed E-state index contributed by atoms with van der Waals surface area (Å²) in [4.78, 5) is 2.15. The number of ether oxygens (including phenoxy) is 3. The van der Waals surface area contributed by atoms with Gasteiger partial charge in [0.25, 0.3) is 0 Å². The highest BCUT2D eigenvalue weighted by molar-refractivity contribution is 6.31. The van der Waals surface area contributed by atoms with E-state index in [1.54, 1.807) is 18.2 Å². The van der Waals surface area contributed by atoms with E-state index in [1.165, 1.54) is 27.4 Å².